The Hall–Kier alpha value is -2.88. The molecule has 110 valence electrons. The summed E-state index contributed by atoms with van der Waals surface area (Å²) in [6, 6.07) is 16.7. The number of hydrogen-bond acceptors (Lipinski definition) is 3. The van der Waals surface area contributed by atoms with E-state index in [1.165, 1.54) is 0 Å². The van der Waals surface area contributed by atoms with Crippen LogP contribution in [-0.2, 0) is 6.54 Å². The van der Waals surface area contributed by atoms with Gasteiger partial charge in [-0.15, -0.1) is 0 Å². The summed E-state index contributed by atoms with van der Waals surface area (Å²) in [6.45, 7) is 2.31. The molecule has 0 aliphatic carbocycles. The molecule has 2 heterocycles. The first-order valence-electron chi connectivity index (χ1n) is 7.06. The number of nitrogens with zero attached hydrogens (tertiary/aromatic N) is 2. The molecule has 3 aromatic rings. The highest BCUT2D eigenvalue weighted by molar-refractivity contribution is 6.05. The summed E-state index contributed by atoms with van der Waals surface area (Å²) in [6.07, 6.45) is 3.27. The number of aryl methyl sites for hydroxylation is 1. The topological polar surface area (TPSA) is 46.3 Å². The fourth-order valence-corrected chi connectivity index (χ4v) is 2.26. The molecule has 0 aliphatic heterocycles. The van der Waals surface area contributed by atoms with Crippen molar-refractivity contribution in [1.29, 1.82) is 0 Å². The summed E-state index contributed by atoms with van der Waals surface area (Å²) in [4.78, 5) is 18.8. The SMILES string of the molecule is Cc1cccc(C(=O)N(Cc2ccco2)c2ccccn2)c1. The van der Waals surface area contributed by atoms with Crippen LogP contribution in [0.2, 0.25) is 0 Å². The minimum Gasteiger partial charge on any atom is -0.467 e. The van der Waals surface area contributed by atoms with Gasteiger partial charge in [-0.25, -0.2) is 4.98 Å². The molecule has 0 aliphatic rings. The molecule has 0 atom stereocenters. The largest absolute Gasteiger partial charge is 0.467 e. The predicted octanol–water partition coefficient (Wildman–Crippen LogP) is 3.83. The highest BCUT2D eigenvalue weighted by Gasteiger charge is 2.20. The summed E-state index contributed by atoms with van der Waals surface area (Å²) in [7, 11) is 0. The molecule has 0 saturated heterocycles. The van der Waals surface area contributed by atoms with E-state index < -0.39 is 0 Å². The van der Waals surface area contributed by atoms with Crippen LogP contribution >= 0.6 is 0 Å². The van der Waals surface area contributed by atoms with Crippen LogP contribution in [0.15, 0.2) is 71.5 Å². The predicted molar refractivity (Wildman–Crippen MR) is 84.6 cm³/mol. The van der Waals surface area contributed by atoms with Crippen molar-refractivity contribution in [2.24, 2.45) is 0 Å². The van der Waals surface area contributed by atoms with Crippen molar-refractivity contribution < 1.29 is 9.21 Å². The molecular formula is C18H16N2O2. The van der Waals surface area contributed by atoms with Gasteiger partial charge in [0.2, 0.25) is 0 Å². The van der Waals surface area contributed by atoms with Crippen LogP contribution in [0.4, 0.5) is 5.82 Å². The average molecular weight is 292 g/mol. The number of rotatable bonds is 4. The zero-order chi connectivity index (χ0) is 15.4. The van der Waals surface area contributed by atoms with Gasteiger partial charge in [0.15, 0.2) is 0 Å². The zero-order valence-electron chi connectivity index (χ0n) is 12.3. The number of carbonyl (C=O) groups excluding carboxylic acids is 1. The molecular weight excluding hydrogens is 276 g/mol. The first-order chi connectivity index (χ1) is 10.7. The number of hydrogen-bond donors (Lipinski definition) is 0. The highest BCUT2D eigenvalue weighted by Crippen LogP contribution is 2.18. The Morgan fingerprint density at radius 1 is 1.14 bits per heavy atom. The second kappa shape index (κ2) is 6.26. The van der Waals surface area contributed by atoms with Gasteiger partial charge >= 0.3 is 0 Å². The molecule has 2 aromatic heterocycles. The third-order valence-corrected chi connectivity index (χ3v) is 3.33. The monoisotopic (exact) mass is 292 g/mol. The molecule has 22 heavy (non-hydrogen) atoms. The van der Waals surface area contributed by atoms with Crippen LogP contribution in [0.1, 0.15) is 21.7 Å². The lowest BCUT2D eigenvalue weighted by atomic mass is 10.1. The molecule has 3 rings (SSSR count). The standard InChI is InChI=1S/C18H16N2O2/c1-14-6-4-7-15(12-14)18(21)20(13-16-8-5-11-22-16)17-9-2-3-10-19-17/h2-12H,13H2,1H3. The van der Waals surface area contributed by atoms with Gasteiger partial charge in [-0.2, -0.15) is 0 Å². The van der Waals surface area contributed by atoms with E-state index in [4.69, 9.17) is 4.42 Å². The summed E-state index contributed by atoms with van der Waals surface area (Å²) in [5.41, 5.74) is 1.68. The zero-order valence-corrected chi connectivity index (χ0v) is 12.3. The maximum absolute atomic E-state index is 12.9. The van der Waals surface area contributed by atoms with E-state index in [1.54, 1.807) is 17.4 Å². The molecule has 4 nitrogen and oxygen atoms in total. The Labute approximate surface area is 129 Å². The van der Waals surface area contributed by atoms with Crippen molar-refractivity contribution in [3.05, 3.63) is 83.9 Å². The first kappa shape index (κ1) is 14.1. The van der Waals surface area contributed by atoms with Gasteiger partial charge in [0.1, 0.15) is 11.6 Å². The molecule has 0 N–H and O–H groups in total. The van der Waals surface area contributed by atoms with E-state index in [9.17, 15) is 4.79 Å². The molecule has 0 bridgehead atoms. The number of amides is 1. The summed E-state index contributed by atoms with van der Waals surface area (Å²) in [5.74, 6) is 1.22. The van der Waals surface area contributed by atoms with E-state index >= 15 is 0 Å². The Bertz CT molecular complexity index is 752. The lowest BCUT2D eigenvalue weighted by molar-refractivity contribution is 0.0982. The Morgan fingerprint density at radius 2 is 2.05 bits per heavy atom. The minimum atomic E-state index is -0.0983. The quantitative estimate of drug-likeness (QED) is 0.734. The van der Waals surface area contributed by atoms with E-state index in [0.717, 1.165) is 5.56 Å². The van der Waals surface area contributed by atoms with Crippen molar-refractivity contribution in [1.82, 2.24) is 4.98 Å². The molecule has 4 heteroatoms. The van der Waals surface area contributed by atoms with Gasteiger partial charge in [-0.1, -0.05) is 23.8 Å². The Kier molecular flexibility index (Phi) is 4.01. The first-order valence-corrected chi connectivity index (χ1v) is 7.06. The number of aromatic nitrogens is 1. The molecule has 1 aromatic carbocycles. The Balaban J connectivity index is 1.96. The van der Waals surface area contributed by atoms with E-state index in [1.807, 2.05) is 61.5 Å². The van der Waals surface area contributed by atoms with Gasteiger partial charge in [0.05, 0.1) is 12.8 Å². The fraction of sp³-hybridized carbons (Fsp3) is 0.111. The van der Waals surface area contributed by atoms with E-state index in [0.29, 0.717) is 23.7 Å². The van der Waals surface area contributed by atoms with Crippen LogP contribution in [0.3, 0.4) is 0 Å². The second-order valence-corrected chi connectivity index (χ2v) is 5.03. The molecule has 0 saturated carbocycles. The summed E-state index contributed by atoms with van der Waals surface area (Å²) in [5, 5.41) is 0. The number of benzene rings is 1. The lowest BCUT2D eigenvalue weighted by Crippen LogP contribution is -2.31. The molecule has 0 radical (unpaired) electrons. The van der Waals surface area contributed by atoms with Crippen LogP contribution in [0.25, 0.3) is 0 Å². The maximum Gasteiger partial charge on any atom is 0.259 e. The van der Waals surface area contributed by atoms with Crippen LogP contribution in [-0.4, -0.2) is 10.9 Å². The molecule has 0 fully saturated rings. The van der Waals surface area contributed by atoms with Crippen molar-refractivity contribution in [3.8, 4) is 0 Å². The smallest absolute Gasteiger partial charge is 0.259 e. The number of furan rings is 1. The van der Waals surface area contributed by atoms with Gasteiger partial charge < -0.3 is 4.42 Å². The molecule has 1 amide bonds. The van der Waals surface area contributed by atoms with E-state index in [2.05, 4.69) is 4.98 Å². The maximum atomic E-state index is 12.9. The van der Waals surface area contributed by atoms with Crippen LogP contribution < -0.4 is 4.90 Å². The van der Waals surface area contributed by atoms with Crippen molar-refractivity contribution in [3.63, 3.8) is 0 Å². The fourth-order valence-electron chi connectivity index (χ4n) is 2.26. The number of pyridine rings is 1. The molecule has 0 spiro atoms. The highest BCUT2D eigenvalue weighted by atomic mass is 16.3. The van der Waals surface area contributed by atoms with Gasteiger partial charge in [-0.05, 0) is 43.3 Å². The van der Waals surface area contributed by atoms with Gasteiger partial charge in [-0.3, -0.25) is 9.69 Å². The van der Waals surface area contributed by atoms with Crippen molar-refractivity contribution in [2.45, 2.75) is 13.5 Å². The van der Waals surface area contributed by atoms with Crippen LogP contribution in [0.5, 0.6) is 0 Å². The summed E-state index contributed by atoms with van der Waals surface area (Å²) >= 11 is 0. The number of anilines is 1. The second-order valence-electron chi connectivity index (χ2n) is 5.03. The normalized spacial score (nSPS) is 10.4. The van der Waals surface area contributed by atoms with Crippen molar-refractivity contribution in [2.75, 3.05) is 4.90 Å². The van der Waals surface area contributed by atoms with E-state index in [-0.39, 0.29) is 5.91 Å². The van der Waals surface area contributed by atoms with Gasteiger partial charge in [0.25, 0.3) is 5.91 Å². The summed E-state index contributed by atoms with van der Waals surface area (Å²) < 4.78 is 5.37. The number of carbonyl (C=O) groups is 1. The Morgan fingerprint density at radius 3 is 2.73 bits per heavy atom. The van der Waals surface area contributed by atoms with Crippen LogP contribution in [0, 0.1) is 6.92 Å². The third kappa shape index (κ3) is 3.06. The molecule has 0 unspecified atom stereocenters. The van der Waals surface area contributed by atoms with Gasteiger partial charge in [0, 0.05) is 11.8 Å². The van der Waals surface area contributed by atoms with Crippen molar-refractivity contribution >= 4 is 11.7 Å². The lowest BCUT2D eigenvalue weighted by Gasteiger charge is -2.21. The third-order valence-electron chi connectivity index (χ3n) is 3.33. The average Bonchev–Trinajstić information content (AvgIpc) is 3.06. The minimum absolute atomic E-state index is 0.0983.